The lowest BCUT2D eigenvalue weighted by Crippen LogP contribution is -2.01. The van der Waals surface area contributed by atoms with Crippen LogP contribution in [-0.2, 0) is 0 Å². The van der Waals surface area contributed by atoms with Crippen LogP contribution >= 0.6 is 0 Å². The predicted octanol–water partition coefficient (Wildman–Crippen LogP) is 4.29. The molecule has 2 N–H and O–H groups in total. The van der Waals surface area contributed by atoms with Crippen LogP contribution in [0.15, 0.2) is 48.8 Å². The molecule has 0 aliphatic heterocycles. The van der Waals surface area contributed by atoms with Gasteiger partial charge in [-0.15, -0.1) is 0 Å². The summed E-state index contributed by atoms with van der Waals surface area (Å²) in [4.78, 5) is 19.7. The quantitative estimate of drug-likeness (QED) is 0.715. The highest BCUT2D eigenvalue weighted by Gasteiger charge is 2.12. The van der Waals surface area contributed by atoms with E-state index < -0.39 is 5.97 Å². The number of hydrogen-bond acceptors (Lipinski definition) is 5. The number of ether oxygens (including phenoxy) is 1. The second kappa shape index (κ2) is 7.23. The maximum absolute atomic E-state index is 11.1. The van der Waals surface area contributed by atoms with Crippen molar-refractivity contribution in [1.29, 1.82) is 0 Å². The van der Waals surface area contributed by atoms with Crippen molar-refractivity contribution < 1.29 is 14.6 Å². The molecule has 1 heterocycles. The van der Waals surface area contributed by atoms with E-state index in [1.54, 1.807) is 38.4 Å². The molecule has 0 saturated carbocycles. The van der Waals surface area contributed by atoms with Crippen molar-refractivity contribution in [3.05, 3.63) is 65.5 Å². The number of nitrogens with one attached hydrogen (secondary N) is 1. The fourth-order valence-electron chi connectivity index (χ4n) is 2.67. The molecule has 0 fully saturated rings. The molecular weight excluding hydrogens is 330 g/mol. The van der Waals surface area contributed by atoms with Crippen molar-refractivity contribution in [3.63, 3.8) is 0 Å². The van der Waals surface area contributed by atoms with E-state index in [0.29, 0.717) is 5.75 Å². The SMILES string of the molecule is CNc1ccc(-c2cnc(Oc3c(C)cc(C(=O)O)cc3C)nc2)cc1. The first-order valence-corrected chi connectivity index (χ1v) is 8.10. The van der Waals surface area contributed by atoms with Gasteiger partial charge in [0.1, 0.15) is 5.75 Å². The van der Waals surface area contributed by atoms with Gasteiger partial charge in [0.25, 0.3) is 0 Å². The van der Waals surface area contributed by atoms with E-state index in [1.807, 2.05) is 31.3 Å². The molecule has 0 aliphatic carbocycles. The average Bonchev–Trinajstić information content (AvgIpc) is 2.65. The molecular formula is C20H19N3O3. The Morgan fingerprint density at radius 2 is 1.58 bits per heavy atom. The molecule has 2 aromatic carbocycles. The molecule has 6 nitrogen and oxygen atoms in total. The van der Waals surface area contributed by atoms with Crippen molar-refractivity contribution >= 4 is 11.7 Å². The maximum atomic E-state index is 11.1. The first-order chi connectivity index (χ1) is 12.5. The van der Waals surface area contributed by atoms with Crippen molar-refractivity contribution in [3.8, 4) is 22.9 Å². The van der Waals surface area contributed by atoms with E-state index in [4.69, 9.17) is 9.84 Å². The van der Waals surface area contributed by atoms with E-state index in [0.717, 1.165) is 27.9 Å². The number of carboxylic acid groups (broad SMARTS) is 1. The summed E-state index contributed by atoms with van der Waals surface area (Å²) in [5.41, 5.74) is 4.60. The van der Waals surface area contributed by atoms with Crippen molar-refractivity contribution in [1.82, 2.24) is 9.97 Å². The molecule has 3 aromatic rings. The van der Waals surface area contributed by atoms with E-state index in [9.17, 15) is 4.79 Å². The van der Waals surface area contributed by atoms with Crippen LogP contribution in [0.1, 0.15) is 21.5 Å². The molecule has 0 bridgehead atoms. The summed E-state index contributed by atoms with van der Waals surface area (Å²) in [5, 5.41) is 12.2. The molecule has 1 aromatic heterocycles. The van der Waals surface area contributed by atoms with Crippen LogP contribution in [-0.4, -0.2) is 28.1 Å². The Balaban J connectivity index is 1.82. The number of aromatic carboxylic acids is 1. The minimum Gasteiger partial charge on any atom is -0.478 e. The van der Waals surface area contributed by atoms with Gasteiger partial charge in [-0.1, -0.05) is 12.1 Å². The third-order valence-corrected chi connectivity index (χ3v) is 4.04. The average molecular weight is 349 g/mol. The van der Waals surface area contributed by atoms with Gasteiger partial charge >= 0.3 is 12.0 Å². The number of benzene rings is 2. The number of aromatic nitrogens is 2. The number of rotatable bonds is 5. The summed E-state index contributed by atoms with van der Waals surface area (Å²) in [7, 11) is 1.87. The van der Waals surface area contributed by atoms with Crippen LogP contribution in [0.25, 0.3) is 11.1 Å². The Morgan fingerprint density at radius 1 is 1.00 bits per heavy atom. The molecule has 0 atom stereocenters. The molecule has 6 heteroatoms. The third kappa shape index (κ3) is 3.64. The summed E-state index contributed by atoms with van der Waals surface area (Å²) in [6.45, 7) is 3.60. The summed E-state index contributed by atoms with van der Waals surface area (Å²) in [6.07, 6.45) is 3.40. The first-order valence-electron chi connectivity index (χ1n) is 8.10. The molecule has 0 aliphatic rings. The molecule has 132 valence electrons. The van der Waals surface area contributed by atoms with Gasteiger partial charge in [0.05, 0.1) is 5.56 Å². The van der Waals surface area contributed by atoms with Gasteiger partial charge in [-0.25, -0.2) is 14.8 Å². The highest BCUT2D eigenvalue weighted by atomic mass is 16.5. The Labute approximate surface area is 151 Å². The van der Waals surface area contributed by atoms with Gasteiger partial charge in [-0.05, 0) is 54.8 Å². The standard InChI is InChI=1S/C20H19N3O3/c1-12-8-15(19(24)25)9-13(2)18(12)26-20-22-10-16(11-23-20)14-4-6-17(21-3)7-5-14/h4-11,21H,1-3H3,(H,24,25). The number of carbonyl (C=O) groups is 1. The smallest absolute Gasteiger partial charge is 0.335 e. The highest BCUT2D eigenvalue weighted by molar-refractivity contribution is 5.88. The van der Waals surface area contributed by atoms with Crippen LogP contribution in [0, 0.1) is 13.8 Å². The zero-order chi connectivity index (χ0) is 18.7. The zero-order valence-corrected chi connectivity index (χ0v) is 14.8. The van der Waals surface area contributed by atoms with E-state index in [2.05, 4.69) is 15.3 Å². The molecule has 26 heavy (non-hydrogen) atoms. The lowest BCUT2D eigenvalue weighted by atomic mass is 10.1. The predicted molar refractivity (Wildman–Crippen MR) is 100.0 cm³/mol. The Kier molecular flexibility index (Phi) is 4.84. The van der Waals surface area contributed by atoms with Crippen molar-refractivity contribution in [2.24, 2.45) is 0 Å². The Bertz CT molecular complexity index is 913. The molecule has 0 saturated heterocycles. The van der Waals surface area contributed by atoms with Crippen molar-refractivity contribution in [2.45, 2.75) is 13.8 Å². The van der Waals surface area contributed by atoms with Crippen LogP contribution in [0.3, 0.4) is 0 Å². The topological polar surface area (TPSA) is 84.3 Å². The molecule has 0 spiro atoms. The highest BCUT2D eigenvalue weighted by Crippen LogP contribution is 2.29. The second-order valence-corrected chi connectivity index (χ2v) is 5.93. The largest absolute Gasteiger partial charge is 0.478 e. The molecule has 0 radical (unpaired) electrons. The second-order valence-electron chi connectivity index (χ2n) is 5.93. The molecule has 3 rings (SSSR count). The summed E-state index contributed by atoms with van der Waals surface area (Å²) < 4.78 is 5.78. The summed E-state index contributed by atoms with van der Waals surface area (Å²) in [5.74, 6) is -0.395. The first kappa shape index (κ1) is 17.4. The lowest BCUT2D eigenvalue weighted by Gasteiger charge is -2.11. The number of anilines is 1. The number of carboxylic acids is 1. The van der Waals surface area contributed by atoms with Crippen molar-refractivity contribution in [2.75, 3.05) is 12.4 Å². The Morgan fingerprint density at radius 3 is 2.08 bits per heavy atom. The monoisotopic (exact) mass is 349 g/mol. The molecule has 0 unspecified atom stereocenters. The maximum Gasteiger partial charge on any atom is 0.335 e. The third-order valence-electron chi connectivity index (χ3n) is 4.04. The van der Waals surface area contributed by atoms with Gasteiger partial charge in [0.15, 0.2) is 0 Å². The minimum absolute atomic E-state index is 0.217. The fraction of sp³-hybridized carbons (Fsp3) is 0.150. The minimum atomic E-state index is -0.965. The van der Waals surface area contributed by atoms with E-state index >= 15 is 0 Å². The summed E-state index contributed by atoms with van der Waals surface area (Å²) in [6, 6.07) is 11.3. The van der Waals surface area contributed by atoms with Gasteiger partial charge < -0.3 is 15.2 Å². The van der Waals surface area contributed by atoms with Crippen LogP contribution in [0.2, 0.25) is 0 Å². The van der Waals surface area contributed by atoms with E-state index in [-0.39, 0.29) is 11.6 Å². The normalized spacial score (nSPS) is 10.4. The van der Waals surface area contributed by atoms with Crippen LogP contribution in [0.5, 0.6) is 11.8 Å². The van der Waals surface area contributed by atoms with Gasteiger partial charge in [-0.3, -0.25) is 0 Å². The lowest BCUT2D eigenvalue weighted by molar-refractivity contribution is 0.0696. The Hall–Kier alpha value is -3.41. The number of hydrogen-bond donors (Lipinski definition) is 2. The van der Waals surface area contributed by atoms with Crippen LogP contribution in [0.4, 0.5) is 5.69 Å². The van der Waals surface area contributed by atoms with Crippen LogP contribution < -0.4 is 10.1 Å². The van der Waals surface area contributed by atoms with E-state index in [1.165, 1.54) is 0 Å². The zero-order valence-electron chi connectivity index (χ0n) is 14.8. The molecule has 0 amide bonds. The summed E-state index contributed by atoms with van der Waals surface area (Å²) >= 11 is 0. The van der Waals surface area contributed by atoms with Gasteiger partial charge in [0, 0.05) is 30.7 Å². The van der Waals surface area contributed by atoms with Gasteiger partial charge in [0.2, 0.25) is 0 Å². The fourth-order valence-corrected chi connectivity index (χ4v) is 2.67. The number of nitrogens with zero attached hydrogens (tertiary/aromatic N) is 2. The number of aryl methyl sites for hydroxylation is 2. The van der Waals surface area contributed by atoms with Gasteiger partial charge in [-0.2, -0.15) is 0 Å².